The van der Waals surface area contributed by atoms with Crippen LogP contribution in [0.1, 0.15) is 29.3 Å². The molecule has 2 aromatic rings. The number of rotatable bonds is 5. The van der Waals surface area contributed by atoms with E-state index < -0.39 is 0 Å². The van der Waals surface area contributed by atoms with Crippen molar-refractivity contribution in [2.24, 2.45) is 0 Å². The van der Waals surface area contributed by atoms with E-state index in [1.807, 2.05) is 13.0 Å². The number of carbonyl (C=O) groups is 1. The van der Waals surface area contributed by atoms with Crippen LogP contribution in [0.25, 0.3) is 0 Å². The van der Waals surface area contributed by atoms with Gasteiger partial charge in [-0.25, -0.2) is 4.39 Å². The summed E-state index contributed by atoms with van der Waals surface area (Å²) in [6.45, 7) is 3.54. The predicted molar refractivity (Wildman–Crippen MR) is 102 cm³/mol. The lowest BCUT2D eigenvalue weighted by molar-refractivity contribution is 0.0848. The molecule has 0 aromatic heterocycles. The van der Waals surface area contributed by atoms with Gasteiger partial charge in [-0.05, 0) is 37.5 Å². The Morgan fingerprint density at radius 3 is 2.56 bits per heavy atom. The van der Waals surface area contributed by atoms with Crippen LogP contribution in [0.4, 0.5) is 4.39 Å². The largest absolute Gasteiger partial charge is 0.292 e. The molecular weight excluding hydrogens is 337 g/mol. The number of carbonyl (C=O) groups excluding carboxylic acids is 1. The van der Waals surface area contributed by atoms with E-state index in [4.69, 9.17) is 0 Å². The van der Waals surface area contributed by atoms with Crippen molar-refractivity contribution < 1.29 is 9.18 Å². The molecule has 2 nitrogen and oxygen atoms in total. The third-order valence-electron chi connectivity index (χ3n) is 4.64. The van der Waals surface area contributed by atoms with Crippen LogP contribution < -0.4 is 0 Å². The number of Topliss-reactive ketones (excluding diaryl/α,β-unsaturated/α-hetero) is 1. The van der Waals surface area contributed by atoms with Crippen molar-refractivity contribution in [3.63, 3.8) is 0 Å². The highest BCUT2D eigenvalue weighted by atomic mass is 35.5. The number of hydrogen-bond donors (Lipinski definition) is 0. The zero-order chi connectivity index (χ0) is 16.9. The van der Waals surface area contributed by atoms with E-state index in [1.54, 1.807) is 12.1 Å². The van der Waals surface area contributed by atoms with Crippen LogP contribution in [-0.2, 0) is 6.42 Å². The molecule has 2 aromatic carbocycles. The van der Waals surface area contributed by atoms with E-state index in [0.29, 0.717) is 5.56 Å². The average molecular weight is 360 g/mol. The second-order valence-electron chi connectivity index (χ2n) is 6.32. The first-order chi connectivity index (χ1) is 11.6. The summed E-state index contributed by atoms with van der Waals surface area (Å²) in [6, 6.07) is 16.1. The highest BCUT2D eigenvalue weighted by Gasteiger charge is 2.24. The monoisotopic (exact) mass is 359 g/mol. The van der Waals surface area contributed by atoms with Crippen LogP contribution in [0.2, 0.25) is 0 Å². The van der Waals surface area contributed by atoms with E-state index in [1.165, 1.54) is 23.3 Å². The summed E-state index contributed by atoms with van der Waals surface area (Å²) in [5, 5.41) is 0. The molecule has 0 bridgehead atoms. The topological polar surface area (TPSA) is 20.3 Å². The fraction of sp³-hybridized carbons (Fsp3) is 0.286. The minimum absolute atomic E-state index is 0. The van der Waals surface area contributed by atoms with Gasteiger partial charge in [0.15, 0.2) is 5.78 Å². The van der Waals surface area contributed by atoms with Crippen LogP contribution in [-0.4, -0.2) is 29.8 Å². The van der Waals surface area contributed by atoms with Crippen molar-refractivity contribution in [2.45, 2.75) is 25.8 Å². The van der Waals surface area contributed by atoms with Crippen LogP contribution in [0.15, 0.2) is 66.2 Å². The van der Waals surface area contributed by atoms with E-state index in [0.717, 1.165) is 25.9 Å². The van der Waals surface area contributed by atoms with Gasteiger partial charge in [-0.3, -0.25) is 9.69 Å². The summed E-state index contributed by atoms with van der Waals surface area (Å²) >= 11 is 0. The van der Waals surface area contributed by atoms with E-state index in [-0.39, 0.29) is 30.0 Å². The smallest absolute Gasteiger partial charge is 0.179 e. The van der Waals surface area contributed by atoms with Crippen molar-refractivity contribution in [3.05, 3.63) is 83.2 Å². The second-order valence-corrected chi connectivity index (χ2v) is 6.32. The van der Waals surface area contributed by atoms with Crippen molar-refractivity contribution in [3.8, 4) is 0 Å². The average Bonchev–Trinajstić information content (AvgIpc) is 2.62. The number of benzene rings is 2. The van der Waals surface area contributed by atoms with Crippen LogP contribution in [0, 0.1) is 5.82 Å². The van der Waals surface area contributed by atoms with Crippen LogP contribution in [0.3, 0.4) is 0 Å². The van der Waals surface area contributed by atoms with Gasteiger partial charge in [-0.1, -0.05) is 54.1 Å². The van der Waals surface area contributed by atoms with Gasteiger partial charge in [-0.15, -0.1) is 12.4 Å². The number of halogens is 2. The highest BCUT2D eigenvalue weighted by molar-refractivity contribution is 5.99. The fourth-order valence-corrected chi connectivity index (χ4v) is 3.15. The van der Waals surface area contributed by atoms with E-state index in [2.05, 4.69) is 35.2 Å². The van der Waals surface area contributed by atoms with Gasteiger partial charge in [0.05, 0.1) is 6.04 Å². The molecule has 0 aliphatic carbocycles. The molecule has 0 amide bonds. The molecule has 0 saturated heterocycles. The first kappa shape index (κ1) is 19.4. The molecular formula is C21H23ClFNO. The normalized spacial score (nSPS) is 15.8. The summed E-state index contributed by atoms with van der Waals surface area (Å²) in [4.78, 5) is 14.7. The Labute approximate surface area is 154 Å². The zero-order valence-corrected chi connectivity index (χ0v) is 15.1. The number of hydrogen-bond acceptors (Lipinski definition) is 2. The van der Waals surface area contributed by atoms with Gasteiger partial charge in [0.1, 0.15) is 5.82 Å². The molecule has 3 rings (SSSR count). The van der Waals surface area contributed by atoms with Gasteiger partial charge >= 0.3 is 0 Å². The van der Waals surface area contributed by atoms with Gasteiger partial charge in [0.25, 0.3) is 0 Å². The maximum atomic E-state index is 13.3. The maximum absolute atomic E-state index is 13.3. The van der Waals surface area contributed by atoms with Crippen molar-refractivity contribution in [1.29, 1.82) is 0 Å². The third kappa shape index (κ3) is 5.00. The van der Waals surface area contributed by atoms with Gasteiger partial charge < -0.3 is 0 Å². The fourth-order valence-electron chi connectivity index (χ4n) is 3.15. The molecule has 1 unspecified atom stereocenters. The number of nitrogens with zero attached hydrogens (tertiary/aromatic N) is 1. The molecule has 0 spiro atoms. The molecule has 25 heavy (non-hydrogen) atoms. The Bertz CT molecular complexity index is 745. The summed E-state index contributed by atoms with van der Waals surface area (Å²) in [5.41, 5.74) is 3.19. The Morgan fingerprint density at radius 1 is 1.16 bits per heavy atom. The summed E-state index contributed by atoms with van der Waals surface area (Å²) in [6.07, 6.45) is 4.17. The quantitative estimate of drug-likeness (QED) is 0.570. The molecule has 1 atom stereocenters. The molecule has 1 heterocycles. The van der Waals surface area contributed by atoms with Crippen LogP contribution in [0.5, 0.6) is 0 Å². The van der Waals surface area contributed by atoms with Crippen LogP contribution >= 0.6 is 12.4 Å². The standard InChI is InChI=1S/C21H22FNO.ClH/c1-16(21(24)19-8-5-9-20(22)15-19)23-12-10-18(11-13-23)14-17-6-3-2-4-7-17;/h2-10,15-16H,11-14H2,1H3;1H. The zero-order valence-electron chi connectivity index (χ0n) is 14.3. The minimum Gasteiger partial charge on any atom is -0.292 e. The Balaban J connectivity index is 0.00000225. The van der Waals surface area contributed by atoms with E-state index in [9.17, 15) is 9.18 Å². The molecule has 1 aliphatic rings. The molecule has 132 valence electrons. The Kier molecular flexibility index (Phi) is 6.91. The second kappa shape index (κ2) is 8.93. The lowest BCUT2D eigenvalue weighted by Gasteiger charge is -2.31. The van der Waals surface area contributed by atoms with Crippen molar-refractivity contribution in [1.82, 2.24) is 4.90 Å². The first-order valence-corrected chi connectivity index (χ1v) is 8.39. The van der Waals surface area contributed by atoms with Gasteiger partial charge in [0, 0.05) is 18.7 Å². The highest BCUT2D eigenvalue weighted by Crippen LogP contribution is 2.19. The Hall–Kier alpha value is -1.97. The number of ketones is 1. The molecule has 4 heteroatoms. The van der Waals surface area contributed by atoms with Crippen molar-refractivity contribution >= 4 is 18.2 Å². The third-order valence-corrected chi connectivity index (χ3v) is 4.64. The summed E-state index contributed by atoms with van der Waals surface area (Å²) < 4.78 is 13.3. The summed E-state index contributed by atoms with van der Waals surface area (Å²) in [5.74, 6) is -0.383. The lowest BCUT2D eigenvalue weighted by atomic mass is 9.97. The summed E-state index contributed by atoms with van der Waals surface area (Å²) in [7, 11) is 0. The predicted octanol–water partition coefficient (Wildman–Crippen LogP) is 4.69. The molecule has 0 N–H and O–H groups in total. The molecule has 0 fully saturated rings. The van der Waals surface area contributed by atoms with Crippen molar-refractivity contribution in [2.75, 3.05) is 13.1 Å². The van der Waals surface area contributed by atoms with E-state index >= 15 is 0 Å². The van der Waals surface area contributed by atoms with Gasteiger partial charge in [-0.2, -0.15) is 0 Å². The minimum atomic E-state index is -0.364. The van der Waals surface area contributed by atoms with Gasteiger partial charge in [0.2, 0.25) is 0 Å². The lowest BCUT2D eigenvalue weighted by Crippen LogP contribution is -2.41. The molecule has 1 aliphatic heterocycles. The maximum Gasteiger partial charge on any atom is 0.179 e. The molecule has 0 saturated carbocycles. The molecule has 0 radical (unpaired) electrons. The first-order valence-electron chi connectivity index (χ1n) is 8.39. The SMILES string of the molecule is CC(C(=O)c1cccc(F)c1)N1CC=C(Cc2ccccc2)CC1.Cl. The Morgan fingerprint density at radius 2 is 1.92 bits per heavy atom.